The molecule has 3 nitrogen and oxygen atoms in total. The van der Waals surface area contributed by atoms with Gasteiger partial charge in [-0.25, -0.2) is 0 Å². The van der Waals surface area contributed by atoms with Crippen molar-refractivity contribution in [3.8, 4) is 0 Å². The number of carbonyl (C=O) groups excluding carboxylic acids is 1. The predicted octanol–water partition coefficient (Wildman–Crippen LogP) is 3.00. The van der Waals surface area contributed by atoms with Crippen molar-refractivity contribution in [1.29, 1.82) is 0 Å². The summed E-state index contributed by atoms with van der Waals surface area (Å²) in [6.07, 6.45) is 3.06. The van der Waals surface area contributed by atoms with E-state index in [0.717, 1.165) is 36.9 Å². The second kappa shape index (κ2) is 8.75. The van der Waals surface area contributed by atoms with E-state index in [4.69, 9.17) is 0 Å². The fraction of sp³-hybridized carbons (Fsp3) is 0.588. The van der Waals surface area contributed by atoms with Crippen LogP contribution in [0, 0.1) is 5.92 Å². The Labute approximate surface area is 123 Å². The van der Waals surface area contributed by atoms with Crippen LogP contribution in [0.2, 0.25) is 0 Å². The van der Waals surface area contributed by atoms with Crippen molar-refractivity contribution in [3.05, 3.63) is 35.4 Å². The Morgan fingerprint density at radius 3 is 2.60 bits per heavy atom. The third-order valence-corrected chi connectivity index (χ3v) is 3.74. The third-order valence-electron chi connectivity index (χ3n) is 3.74. The molecular weight excluding hydrogens is 248 g/mol. The number of hydrogen-bond donors (Lipinski definition) is 2. The molecule has 0 radical (unpaired) electrons. The number of likely N-dealkylation sites (N-methyl/N-ethyl adjacent to an activating group) is 1. The Morgan fingerprint density at radius 1 is 1.25 bits per heavy atom. The molecule has 1 rings (SSSR count). The highest BCUT2D eigenvalue weighted by atomic mass is 16.1. The summed E-state index contributed by atoms with van der Waals surface area (Å²) in [5, 5.41) is 6.24. The smallest absolute Gasteiger partial charge is 0.251 e. The van der Waals surface area contributed by atoms with Gasteiger partial charge in [0.1, 0.15) is 0 Å². The molecule has 0 bridgehead atoms. The van der Waals surface area contributed by atoms with Gasteiger partial charge in [0.25, 0.3) is 5.91 Å². The quantitative estimate of drug-likeness (QED) is 0.766. The molecule has 0 saturated heterocycles. The van der Waals surface area contributed by atoms with Gasteiger partial charge in [-0.3, -0.25) is 4.79 Å². The molecule has 0 saturated carbocycles. The summed E-state index contributed by atoms with van der Waals surface area (Å²) in [6, 6.07) is 8.08. The molecule has 0 aliphatic carbocycles. The summed E-state index contributed by atoms with van der Waals surface area (Å²) in [6.45, 7) is 7.38. The van der Waals surface area contributed by atoms with Crippen LogP contribution in [0.4, 0.5) is 0 Å². The van der Waals surface area contributed by atoms with Crippen molar-refractivity contribution < 1.29 is 4.79 Å². The lowest BCUT2D eigenvalue weighted by Gasteiger charge is -2.18. The van der Waals surface area contributed by atoms with Crippen LogP contribution >= 0.6 is 0 Å². The second-order valence-electron chi connectivity index (χ2n) is 5.63. The summed E-state index contributed by atoms with van der Waals surface area (Å²) in [4.78, 5) is 12.4. The fourth-order valence-corrected chi connectivity index (χ4v) is 2.35. The van der Waals surface area contributed by atoms with Crippen LogP contribution in [-0.4, -0.2) is 25.5 Å². The molecule has 3 heteroatoms. The van der Waals surface area contributed by atoms with E-state index in [1.54, 1.807) is 0 Å². The van der Waals surface area contributed by atoms with Gasteiger partial charge in [-0.1, -0.05) is 38.5 Å². The Kier molecular flexibility index (Phi) is 7.31. The summed E-state index contributed by atoms with van der Waals surface area (Å²) in [5.74, 6) is 0.692. The largest absolute Gasteiger partial charge is 0.350 e. The molecule has 2 atom stereocenters. The molecule has 0 spiro atoms. The van der Waals surface area contributed by atoms with Crippen molar-refractivity contribution in [1.82, 2.24) is 10.6 Å². The molecule has 0 aliphatic rings. The van der Waals surface area contributed by atoms with E-state index in [0.29, 0.717) is 5.92 Å². The number of benzene rings is 1. The van der Waals surface area contributed by atoms with Crippen LogP contribution in [0.5, 0.6) is 0 Å². The van der Waals surface area contributed by atoms with Gasteiger partial charge < -0.3 is 10.6 Å². The first-order valence-corrected chi connectivity index (χ1v) is 7.61. The number of rotatable bonds is 8. The van der Waals surface area contributed by atoms with Gasteiger partial charge in [-0.2, -0.15) is 0 Å². The van der Waals surface area contributed by atoms with Crippen LogP contribution in [0.1, 0.15) is 49.5 Å². The molecular formula is C17H28N2O. The Hall–Kier alpha value is -1.35. The molecule has 112 valence electrons. The van der Waals surface area contributed by atoms with Crippen molar-refractivity contribution in [2.24, 2.45) is 5.92 Å². The predicted molar refractivity (Wildman–Crippen MR) is 85.1 cm³/mol. The molecule has 2 N–H and O–H groups in total. The lowest BCUT2D eigenvalue weighted by molar-refractivity contribution is 0.0934. The van der Waals surface area contributed by atoms with Gasteiger partial charge >= 0.3 is 0 Å². The molecule has 0 aliphatic heterocycles. The zero-order valence-corrected chi connectivity index (χ0v) is 13.2. The highest BCUT2D eigenvalue weighted by Crippen LogP contribution is 2.12. The van der Waals surface area contributed by atoms with Crippen LogP contribution in [-0.2, 0) is 6.42 Å². The first-order chi connectivity index (χ1) is 9.58. The third kappa shape index (κ3) is 5.33. The van der Waals surface area contributed by atoms with E-state index in [1.165, 1.54) is 0 Å². The average Bonchev–Trinajstić information content (AvgIpc) is 2.44. The van der Waals surface area contributed by atoms with E-state index >= 15 is 0 Å². The van der Waals surface area contributed by atoms with Gasteiger partial charge in [0, 0.05) is 11.6 Å². The molecule has 1 aromatic carbocycles. The fourth-order valence-electron chi connectivity index (χ4n) is 2.35. The van der Waals surface area contributed by atoms with Crippen LogP contribution in [0.25, 0.3) is 0 Å². The minimum absolute atomic E-state index is 0.0486. The van der Waals surface area contributed by atoms with Gasteiger partial charge in [0.15, 0.2) is 0 Å². The molecule has 1 amide bonds. The van der Waals surface area contributed by atoms with E-state index in [9.17, 15) is 4.79 Å². The Morgan fingerprint density at radius 2 is 1.95 bits per heavy atom. The average molecular weight is 276 g/mol. The topological polar surface area (TPSA) is 41.1 Å². The van der Waals surface area contributed by atoms with Crippen molar-refractivity contribution in [3.63, 3.8) is 0 Å². The maximum Gasteiger partial charge on any atom is 0.251 e. The maximum absolute atomic E-state index is 12.4. The zero-order valence-electron chi connectivity index (χ0n) is 13.2. The summed E-state index contributed by atoms with van der Waals surface area (Å²) < 4.78 is 0. The van der Waals surface area contributed by atoms with Crippen LogP contribution in [0.15, 0.2) is 24.3 Å². The Bertz CT molecular complexity index is 417. The van der Waals surface area contributed by atoms with E-state index in [-0.39, 0.29) is 11.9 Å². The maximum atomic E-state index is 12.4. The standard InChI is InChI=1S/C17H28N2O/c1-5-13(2)12-14(3)19-17(20)16-9-7-6-8-15(16)10-11-18-4/h6-9,13-14,18H,5,10-12H2,1-4H3,(H,19,20). The summed E-state index contributed by atoms with van der Waals surface area (Å²) in [5.41, 5.74) is 1.91. The van der Waals surface area contributed by atoms with Crippen LogP contribution < -0.4 is 10.6 Å². The highest BCUT2D eigenvalue weighted by molar-refractivity contribution is 5.95. The van der Waals surface area contributed by atoms with Crippen LogP contribution in [0.3, 0.4) is 0 Å². The number of carbonyl (C=O) groups is 1. The van der Waals surface area contributed by atoms with Crippen molar-refractivity contribution in [2.45, 2.75) is 46.1 Å². The Balaban J connectivity index is 2.67. The molecule has 0 fully saturated rings. The number of nitrogens with one attached hydrogen (secondary N) is 2. The number of amides is 1. The normalized spacial score (nSPS) is 13.8. The van der Waals surface area contributed by atoms with Crippen molar-refractivity contribution >= 4 is 5.91 Å². The summed E-state index contributed by atoms with van der Waals surface area (Å²) >= 11 is 0. The van der Waals surface area contributed by atoms with E-state index < -0.39 is 0 Å². The number of hydrogen-bond acceptors (Lipinski definition) is 2. The molecule has 2 unspecified atom stereocenters. The van der Waals surface area contributed by atoms with Gasteiger partial charge in [0.2, 0.25) is 0 Å². The molecule has 20 heavy (non-hydrogen) atoms. The monoisotopic (exact) mass is 276 g/mol. The lowest BCUT2D eigenvalue weighted by Crippen LogP contribution is -2.34. The lowest BCUT2D eigenvalue weighted by atomic mass is 9.99. The van der Waals surface area contributed by atoms with Gasteiger partial charge in [-0.05, 0) is 50.9 Å². The molecule has 0 heterocycles. The highest BCUT2D eigenvalue weighted by Gasteiger charge is 2.14. The first-order valence-electron chi connectivity index (χ1n) is 7.61. The minimum atomic E-state index is 0.0486. The zero-order chi connectivity index (χ0) is 15.0. The molecule has 1 aromatic rings. The first kappa shape index (κ1) is 16.7. The van der Waals surface area contributed by atoms with Crippen molar-refractivity contribution in [2.75, 3.05) is 13.6 Å². The molecule has 0 aromatic heterocycles. The SMILES string of the molecule is CCC(C)CC(C)NC(=O)c1ccccc1CCNC. The van der Waals surface area contributed by atoms with E-state index in [1.807, 2.05) is 31.3 Å². The van der Waals surface area contributed by atoms with Gasteiger partial charge in [0.05, 0.1) is 0 Å². The van der Waals surface area contributed by atoms with Gasteiger partial charge in [-0.15, -0.1) is 0 Å². The summed E-state index contributed by atoms with van der Waals surface area (Å²) in [7, 11) is 1.93. The second-order valence-corrected chi connectivity index (χ2v) is 5.63. The van der Waals surface area contributed by atoms with E-state index in [2.05, 4.69) is 31.4 Å². The minimum Gasteiger partial charge on any atom is -0.350 e.